The van der Waals surface area contributed by atoms with E-state index in [1.807, 2.05) is 0 Å². The van der Waals surface area contributed by atoms with E-state index in [4.69, 9.17) is 10.7 Å². The number of halogens is 1. The summed E-state index contributed by atoms with van der Waals surface area (Å²) in [5.74, 6) is 0.347. The molecule has 0 saturated carbocycles. The fourth-order valence-electron chi connectivity index (χ4n) is 1.25. The minimum atomic E-state index is -3.89. The molecule has 2 heterocycles. The second-order valence-corrected chi connectivity index (χ2v) is 5.48. The number of rotatable bonds is 2. The van der Waals surface area contributed by atoms with Crippen LogP contribution in [0.3, 0.4) is 0 Å². The molecule has 0 spiro atoms. The Morgan fingerprint density at radius 2 is 2.06 bits per heavy atom. The van der Waals surface area contributed by atoms with Crippen LogP contribution in [0.1, 0.15) is 0 Å². The highest BCUT2D eigenvalue weighted by Crippen LogP contribution is 2.18. The molecule has 0 fully saturated rings. The zero-order valence-electron chi connectivity index (χ0n) is 8.20. The average Bonchev–Trinajstić information content (AvgIpc) is 2.61. The van der Waals surface area contributed by atoms with Gasteiger partial charge in [-0.1, -0.05) is 6.07 Å². The number of nitrogens with zero attached hydrogens (tertiary/aromatic N) is 4. The molecule has 0 bridgehead atoms. The summed E-state index contributed by atoms with van der Waals surface area (Å²) in [6, 6.07) is 5.22. The van der Waals surface area contributed by atoms with Gasteiger partial charge < -0.3 is 0 Å². The maximum atomic E-state index is 11.1. The van der Waals surface area contributed by atoms with Crippen LogP contribution in [0.15, 0.2) is 29.6 Å². The summed E-state index contributed by atoms with van der Waals surface area (Å²) in [7, 11) is 2.82. The maximum Gasteiger partial charge on any atom is 0.296 e. The van der Waals surface area contributed by atoms with Crippen molar-refractivity contribution >= 4 is 19.7 Å². The highest BCUT2D eigenvalue weighted by Gasteiger charge is 2.21. The van der Waals surface area contributed by atoms with Crippen molar-refractivity contribution in [2.24, 2.45) is 7.05 Å². The van der Waals surface area contributed by atoms with Gasteiger partial charge in [-0.05, 0) is 12.1 Å². The van der Waals surface area contributed by atoms with Gasteiger partial charge in [0.1, 0.15) is 5.69 Å². The number of hydrogen-bond acceptors (Lipinski definition) is 5. The van der Waals surface area contributed by atoms with Crippen LogP contribution in [0, 0.1) is 0 Å². The highest BCUT2D eigenvalue weighted by molar-refractivity contribution is 8.13. The first-order chi connectivity index (χ1) is 7.50. The van der Waals surface area contributed by atoms with Crippen molar-refractivity contribution in [1.29, 1.82) is 0 Å². The third kappa shape index (κ3) is 1.91. The van der Waals surface area contributed by atoms with Crippen molar-refractivity contribution in [3.63, 3.8) is 0 Å². The van der Waals surface area contributed by atoms with Gasteiger partial charge in [-0.15, -0.1) is 10.2 Å². The first kappa shape index (κ1) is 11.0. The second kappa shape index (κ2) is 3.84. The summed E-state index contributed by atoms with van der Waals surface area (Å²) >= 11 is 0. The van der Waals surface area contributed by atoms with Crippen LogP contribution in [0.4, 0.5) is 0 Å². The Morgan fingerprint density at radius 3 is 2.56 bits per heavy atom. The van der Waals surface area contributed by atoms with Crippen molar-refractivity contribution in [1.82, 2.24) is 19.7 Å². The van der Waals surface area contributed by atoms with Gasteiger partial charge in [0, 0.05) is 23.9 Å². The molecular formula is C8H7ClN4O2S. The van der Waals surface area contributed by atoms with Gasteiger partial charge in [0.2, 0.25) is 0 Å². The van der Waals surface area contributed by atoms with Gasteiger partial charge in [0.25, 0.3) is 14.2 Å². The van der Waals surface area contributed by atoms with Crippen LogP contribution >= 0.6 is 10.7 Å². The smallest absolute Gasteiger partial charge is 0.296 e. The minimum absolute atomic E-state index is 0.296. The van der Waals surface area contributed by atoms with Gasteiger partial charge in [-0.3, -0.25) is 9.55 Å². The lowest BCUT2D eigenvalue weighted by atomic mass is 10.3. The van der Waals surface area contributed by atoms with Crippen LogP contribution in [-0.4, -0.2) is 28.2 Å². The molecule has 0 amide bonds. The molecule has 0 aliphatic rings. The summed E-state index contributed by atoms with van der Waals surface area (Å²) in [5, 5.41) is 6.96. The summed E-state index contributed by atoms with van der Waals surface area (Å²) in [6.07, 6.45) is 1.58. The molecule has 0 N–H and O–H groups in total. The second-order valence-electron chi connectivity index (χ2n) is 3.02. The molecule has 0 saturated heterocycles. The fourth-order valence-corrected chi connectivity index (χ4v) is 2.20. The van der Waals surface area contributed by atoms with Crippen LogP contribution in [-0.2, 0) is 16.1 Å². The first-order valence-corrected chi connectivity index (χ1v) is 6.56. The van der Waals surface area contributed by atoms with Crippen LogP contribution < -0.4 is 0 Å². The Kier molecular flexibility index (Phi) is 2.64. The van der Waals surface area contributed by atoms with Crippen LogP contribution in [0.5, 0.6) is 0 Å². The molecule has 0 aliphatic carbocycles. The fraction of sp³-hybridized carbons (Fsp3) is 0.125. The lowest BCUT2D eigenvalue weighted by molar-refractivity contribution is 0.593. The van der Waals surface area contributed by atoms with E-state index in [9.17, 15) is 8.42 Å². The first-order valence-electron chi connectivity index (χ1n) is 4.25. The van der Waals surface area contributed by atoms with Crippen LogP contribution in [0.2, 0.25) is 0 Å². The van der Waals surface area contributed by atoms with E-state index in [-0.39, 0.29) is 5.16 Å². The van der Waals surface area contributed by atoms with Crippen LogP contribution in [0.25, 0.3) is 11.5 Å². The number of hydrogen-bond donors (Lipinski definition) is 0. The largest absolute Gasteiger partial charge is 0.299 e. The number of pyridine rings is 1. The van der Waals surface area contributed by atoms with Gasteiger partial charge in [0.05, 0.1) is 0 Å². The van der Waals surface area contributed by atoms with Crippen molar-refractivity contribution in [3.05, 3.63) is 24.4 Å². The zero-order chi connectivity index (χ0) is 11.8. The van der Waals surface area contributed by atoms with Crippen molar-refractivity contribution in [2.45, 2.75) is 5.16 Å². The molecule has 84 valence electrons. The number of aromatic nitrogens is 4. The molecule has 0 aromatic carbocycles. The molecule has 6 nitrogen and oxygen atoms in total. The molecular weight excluding hydrogens is 252 g/mol. The SMILES string of the molecule is Cn1c(-c2ccccn2)nnc1S(=O)(=O)Cl. The standard InChI is InChI=1S/C8H7ClN4O2S/c1-13-7(6-4-2-3-5-10-6)11-12-8(13)16(9,14)15/h2-5H,1H3. The molecule has 0 unspecified atom stereocenters. The van der Waals surface area contributed by atoms with E-state index >= 15 is 0 Å². The van der Waals surface area contributed by atoms with Gasteiger partial charge >= 0.3 is 0 Å². The minimum Gasteiger partial charge on any atom is -0.299 e. The van der Waals surface area contributed by atoms with E-state index in [0.717, 1.165) is 0 Å². The molecule has 2 rings (SSSR count). The van der Waals surface area contributed by atoms with E-state index in [0.29, 0.717) is 11.5 Å². The maximum absolute atomic E-state index is 11.1. The zero-order valence-corrected chi connectivity index (χ0v) is 9.77. The van der Waals surface area contributed by atoms with Crippen molar-refractivity contribution in [2.75, 3.05) is 0 Å². The van der Waals surface area contributed by atoms with Gasteiger partial charge in [0.15, 0.2) is 5.82 Å². The summed E-state index contributed by atoms with van der Waals surface area (Å²) in [4.78, 5) is 4.04. The van der Waals surface area contributed by atoms with E-state index in [2.05, 4.69) is 15.2 Å². The molecule has 2 aromatic rings. The topological polar surface area (TPSA) is 77.7 Å². The molecule has 0 radical (unpaired) electrons. The molecule has 8 heteroatoms. The lowest BCUT2D eigenvalue weighted by Crippen LogP contribution is -2.03. The molecule has 0 aliphatic heterocycles. The Bertz CT molecular complexity index is 608. The Labute approximate surface area is 96.3 Å². The van der Waals surface area contributed by atoms with Crippen molar-refractivity contribution < 1.29 is 8.42 Å². The van der Waals surface area contributed by atoms with Gasteiger partial charge in [-0.2, -0.15) is 0 Å². The summed E-state index contributed by atoms with van der Waals surface area (Å²) < 4.78 is 23.5. The normalized spacial score (nSPS) is 11.6. The lowest BCUT2D eigenvalue weighted by Gasteiger charge is -2.00. The molecule has 16 heavy (non-hydrogen) atoms. The summed E-state index contributed by atoms with van der Waals surface area (Å²) in [6.45, 7) is 0. The summed E-state index contributed by atoms with van der Waals surface area (Å²) in [5.41, 5.74) is 0.532. The predicted octanol–water partition coefficient (Wildman–Crippen LogP) is 0.805. The van der Waals surface area contributed by atoms with Gasteiger partial charge in [-0.25, -0.2) is 8.42 Å². The highest BCUT2D eigenvalue weighted by atomic mass is 35.7. The average molecular weight is 259 g/mol. The Balaban J connectivity index is 2.59. The van der Waals surface area contributed by atoms with E-state index in [1.54, 1.807) is 24.4 Å². The van der Waals surface area contributed by atoms with E-state index < -0.39 is 9.05 Å². The molecule has 0 atom stereocenters. The third-order valence-electron chi connectivity index (χ3n) is 1.95. The van der Waals surface area contributed by atoms with E-state index in [1.165, 1.54) is 11.6 Å². The monoisotopic (exact) mass is 258 g/mol. The Hall–Kier alpha value is -1.47. The Morgan fingerprint density at radius 1 is 1.31 bits per heavy atom. The quantitative estimate of drug-likeness (QED) is 0.745. The van der Waals surface area contributed by atoms with Crippen molar-refractivity contribution in [3.8, 4) is 11.5 Å². The predicted molar refractivity (Wildman–Crippen MR) is 57.3 cm³/mol. The third-order valence-corrected chi connectivity index (χ3v) is 3.15. The molecule has 2 aromatic heterocycles.